The van der Waals surface area contributed by atoms with Crippen molar-refractivity contribution in [2.24, 2.45) is 5.92 Å². The second kappa shape index (κ2) is 5.33. The third-order valence-electron chi connectivity index (χ3n) is 2.58. The van der Waals surface area contributed by atoms with E-state index in [2.05, 4.69) is 4.81 Å². The molecule has 1 N–H and O–H groups in total. The first-order valence-electron chi connectivity index (χ1n) is 4.63. The van der Waals surface area contributed by atoms with Crippen LogP contribution in [0.1, 0.15) is 19.3 Å². The van der Waals surface area contributed by atoms with Crippen LogP contribution < -0.4 is 0 Å². The Morgan fingerprint density at radius 2 is 2.17 bits per heavy atom. The maximum absolute atomic E-state index is 10.2. The zero-order valence-electron chi connectivity index (χ0n) is 7.41. The van der Waals surface area contributed by atoms with Gasteiger partial charge in [0.2, 0.25) is 0 Å². The van der Waals surface area contributed by atoms with Crippen LogP contribution in [0.4, 0.5) is 0 Å². The van der Waals surface area contributed by atoms with Crippen molar-refractivity contribution in [2.45, 2.75) is 19.3 Å². The SMILES string of the molecule is O=CBN1CCC(CCO)CC1. The molecule has 0 aromatic carbocycles. The lowest BCUT2D eigenvalue weighted by Gasteiger charge is -2.30. The van der Waals surface area contributed by atoms with Crippen molar-refractivity contribution < 1.29 is 9.90 Å². The molecule has 1 aliphatic heterocycles. The van der Waals surface area contributed by atoms with Gasteiger partial charge >= 0.3 is 0 Å². The maximum atomic E-state index is 10.2. The summed E-state index contributed by atoms with van der Waals surface area (Å²) in [5, 5.41) is 8.72. The molecule has 0 aromatic heterocycles. The van der Waals surface area contributed by atoms with Gasteiger partial charge in [-0.05, 0) is 38.3 Å². The normalized spacial score (nSPS) is 20.8. The monoisotopic (exact) mass is 169 g/mol. The number of piperidine rings is 1. The molecule has 1 rings (SSSR count). The molecule has 1 aliphatic rings. The van der Waals surface area contributed by atoms with E-state index in [0.29, 0.717) is 19.9 Å². The Morgan fingerprint density at radius 3 is 2.67 bits per heavy atom. The van der Waals surface area contributed by atoms with Crippen LogP contribution in [0.3, 0.4) is 0 Å². The van der Waals surface area contributed by atoms with Gasteiger partial charge in [0.05, 0.1) is 6.19 Å². The lowest BCUT2D eigenvalue weighted by atomic mass is 9.86. The lowest BCUT2D eigenvalue weighted by molar-refractivity contribution is 0.209. The number of aliphatic hydroxyl groups excluding tert-OH is 1. The van der Waals surface area contributed by atoms with Gasteiger partial charge in [0.25, 0.3) is 7.41 Å². The van der Waals surface area contributed by atoms with Crippen molar-refractivity contribution >= 4 is 13.6 Å². The highest BCUT2D eigenvalue weighted by Gasteiger charge is 2.18. The Labute approximate surface area is 74.0 Å². The molecule has 1 fully saturated rings. The predicted octanol–water partition coefficient (Wildman–Crippen LogP) is -0.378. The van der Waals surface area contributed by atoms with Crippen molar-refractivity contribution in [1.29, 1.82) is 0 Å². The fourth-order valence-corrected chi connectivity index (χ4v) is 1.75. The predicted molar refractivity (Wildman–Crippen MR) is 49.9 cm³/mol. The topological polar surface area (TPSA) is 40.5 Å². The molecule has 0 bridgehead atoms. The minimum atomic E-state index is 0.304. The van der Waals surface area contributed by atoms with Gasteiger partial charge in [0.1, 0.15) is 0 Å². The number of hydrogen-bond acceptors (Lipinski definition) is 3. The highest BCUT2D eigenvalue weighted by atomic mass is 16.3. The average molecular weight is 169 g/mol. The molecule has 0 aromatic rings. The van der Waals surface area contributed by atoms with Crippen LogP contribution in [0.2, 0.25) is 0 Å². The Balaban J connectivity index is 2.15. The molecule has 0 spiro atoms. The van der Waals surface area contributed by atoms with E-state index in [0.717, 1.165) is 38.5 Å². The van der Waals surface area contributed by atoms with Gasteiger partial charge in [-0.2, -0.15) is 0 Å². The minimum absolute atomic E-state index is 0.304. The summed E-state index contributed by atoms with van der Waals surface area (Å²) in [7, 11) is 0.575. The molecule has 4 heteroatoms. The van der Waals surface area contributed by atoms with Crippen LogP contribution in [0, 0.1) is 5.92 Å². The molecule has 12 heavy (non-hydrogen) atoms. The molecule has 68 valence electrons. The molecule has 0 aliphatic carbocycles. The second-order valence-electron chi connectivity index (χ2n) is 3.42. The number of carbonyl (C=O) groups is 1. The van der Waals surface area contributed by atoms with Crippen LogP contribution in [-0.4, -0.2) is 43.2 Å². The van der Waals surface area contributed by atoms with Crippen LogP contribution in [0.25, 0.3) is 0 Å². The molecular formula is C8H16BNO2. The molecule has 1 saturated heterocycles. The van der Waals surface area contributed by atoms with E-state index in [4.69, 9.17) is 5.11 Å². The Kier molecular flexibility index (Phi) is 4.32. The third-order valence-corrected chi connectivity index (χ3v) is 2.58. The van der Waals surface area contributed by atoms with E-state index >= 15 is 0 Å². The van der Waals surface area contributed by atoms with Crippen molar-refractivity contribution in [1.82, 2.24) is 4.81 Å². The quantitative estimate of drug-likeness (QED) is 0.460. The summed E-state index contributed by atoms with van der Waals surface area (Å²) < 4.78 is 0. The standard InChI is InChI=1S/C8H16BNO2/c11-6-3-8-1-4-10(5-2-8)9-7-12/h7-9,11H,1-6H2. The van der Waals surface area contributed by atoms with Crippen LogP contribution in [0.5, 0.6) is 0 Å². The fourth-order valence-electron chi connectivity index (χ4n) is 1.75. The van der Waals surface area contributed by atoms with Gasteiger partial charge in [-0.15, -0.1) is 0 Å². The van der Waals surface area contributed by atoms with Gasteiger partial charge in [0.15, 0.2) is 0 Å². The van der Waals surface area contributed by atoms with Gasteiger partial charge in [-0.3, -0.25) is 0 Å². The Morgan fingerprint density at radius 1 is 1.50 bits per heavy atom. The molecule has 0 amide bonds. The van der Waals surface area contributed by atoms with Crippen molar-refractivity contribution in [3.8, 4) is 0 Å². The first kappa shape index (κ1) is 9.74. The summed E-state index contributed by atoms with van der Waals surface area (Å²) >= 11 is 0. The molecule has 0 atom stereocenters. The van der Waals surface area contributed by atoms with Crippen molar-refractivity contribution in [3.63, 3.8) is 0 Å². The summed E-state index contributed by atoms with van der Waals surface area (Å²) in [6.07, 6.45) is 4.16. The molecule has 0 unspecified atom stereocenters. The van der Waals surface area contributed by atoms with E-state index in [9.17, 15) is 4.79 Å². The van der Waals surface area contributed by atoms with E-state index in [1.54, 1.807) is 0 Å². The van der Waals surface area contributed by atoms with Gasteiger partial charge in [-0.1, -0.05) is 0 Å². The van der Waals surface area contributed by atoms with Gasteiger partial charge in [0, 0.05) is 6.61 Å². The van der Waals surface area contributed by atoms with Crippen LogP contribution >= 0.6 is 0 Å². The first-order valence-corrected chi connectivity index (χ1v) is 4.63. The average Bonchev–Trinajstić information content (AvgIpc) is 2.09. The van der Waals surface area contributed by atoms with E-state index in [1.807, 2.05) is 0 Å². The molecule has 0 saturated carbocycles. The van der Waals surface area contributed by atoms with E-state index < -0.39 is 0 Å². The largest absolute Gasteiger partial charge is 0.396 e. The number of carbonyl (C=O) groups excluding carboxylic acids is 1. The van der Waals surface area contributed by atoms with Crippen LogP contribution in [0.15, 0.2) is 0 Å². The zero-order chi connectivity index (χ0) is 8.81. The minimum Gasteiger partial charge on any atom is -0.396 e. The highest BCUT2D eigenvalue weighted by Crippen LogP contribution is 2.18. The summed E-state index contributed by atoms with van der Waals surface area (Å²) in [4.78, 5) is 12.4. The fraction of sp³-hybridized carbons (Fsp3) is 0.875. The van der Waals surface area contributed by atoms with Gasteiger partial charge in [-0.25, -0.2) is 0 Å². The van der Waals surface area contributed by atoms with E-state index in [-0.39, 0.29) is 0 Å². The number of nitrogens with zero attached hydrogens (tertiary/aromatic N) is 1. The summed E-state index contributed by atoms with van der Waals surface area (Å²) in [6.45, 7) is 2.34. The van der Waals surface area contributed by atoms with Crippen LogP contribution in [-0.2, 0) is 4.79 Å². The number of hydrogen-bond donors (Lipinski definition) is 1. The summed E-state index contributed by atoms with van der Waals surface area (Å²) in [5.74, 6) is 0.679. The first-order chi connectivity index (χ1) is 5.86. The Hall–Kier alpha value is -0.345. The van der Waals surface area contributed by atoms with E-state index in [1.165, 1.54) is 0 Å². The number of aliphatic hydroxyl groups is 1. The van der Waals surface area contributed by atoms with Gasteiger partial charge < -0.3 is 14.7 Å². The summed E-state index contributed by atoms with van der Waals surface area (Å²) in [6, 6.07) is 0. The van der Waals surface area contributed by atoms with Crippen molar-refractivity contribution in [2.75, 3.05) is 19.7 Å². The molecule has 1 heterocycles. The molecule has 0 radical (unpaired) electrons. The molecule has 3 nitrogen and oxygen atoms in total. The number of rotatable bonds is 4. The maximum Gasteiger partial charge on any atom is 0.281 e. The smallest absolute Gasteiger partial charge is 0.281 e. The zero-order valence-corrected chi connectivity index (χ0v) is 7.41. The second-order valence-corrected chi connectivity index (χ2v) is 3.42. The summed E-state index contributed by atoms with van der Waals surface area (Å²) in [5.41, 5.74) is 0. The third kappa shape index (κ3) is 2.95. The Bertz CT molecular complexity index is 135. The highest BCUT2D eigenvalue weighted by molar-refractivity contribution is 6.64. The lowest BCUT2D eigenvalue weighted by Crippen LogP contribution is -2.37. The molecular weight excluding hydrogens is 153 g/mol. The van der Waals surface area contributed by atoms with Crippen molar-refractivity contribution in [3.05, 3.63) is 0 Å².